The maximum absolute atomic E-state index is 13.2. The molecule has 0 unspecified atom stereocenters. The van der Waals surface area contributed by atoms with Crippen molar-refractivity contribution in [2.75, 3.05) is 35.6 Å². The summed E-state index contributed by atoms with van der Waals surface area (Å²) in [6, 6.07) is 11.4. The fourth-order valence-electron chi connectivity index (χ4n) is 4.17. The van der Waals surface area contributed by atoms with E-state index in [0.29, 0.717) is 6.04 Å². The van der Waals surface area contributed by atoms with Crippen LogP contribution in [-0.4, -0.2) is 35.6 Å². The molecule has 0 aliphatic carbocycles. The highest BCUT2D eigenvalue weighted by Gasteiger charge is 2.31. The molecule has 9 heteroatoms. The van der Waals surface area contributed by atoms with Crippen molar-refractivity contribution in [1.82, 2.24) is 15.3 Å². The van der Waals surface area contributed by atoms with Crippen molar-refractivity contribution >= 4 is 34.0 Å². The molecule has 1 atom stereocenters. The predicted molar refractivity (Wildman–Crippen MR) is 127 cm³/mol. The van der Waals surface area contributed by atoms with E-state index in [-0.39, 0.29) is 17.3 Å². The SMILES string of the molecule is CCCCCN[C@H]1CCN(c2nc(Nc3cc(N)cc(C(F)(F)F)c3)nc3ccccc23)C1. The van der Waals surface area contributed by atoms with Crippen LogP contribution in [0.3, 0.4) is 0 Å². The lowest BCUT2D eigenvalue weighted by molar-refractivity contribution is -0.137. The first kappa shape index (κ1) is 23.1. The van der Waals surface area contributed by atoms with Gasteiger partial charge in [-0.3, -0.25) is 0 Å². The van der Waals surface area contributed by atoms with Crippen molar-refractivity contribution in [2.45, 2.75) is 44.8 Å². The fraction of sp³-hybridized carbons (Fsp3) is 0.417. The number of alkyl halides is 3. The van der Waals surface area contributed by atoms with Gasteiger partial charge in [0, 0.05) is 35.9 Å². The van der Waals surface area contributed by atoms with Crippen LogP contribution in [0.5, 0.6) is 0 Å². The topological polar surface area (TPSA) is 79.1 Å². The Hall–Kier alpha value is -3.07. The number of nitrogens with one attached hydrogen (secondary N) is 2. The van der Waals surface area contributed by atoms with Crippen LogP contribution >= 0.6 is 0 Å². The number of benzene rings is 2. The summed E-state index contributed by atoms with van der Waals surface area (Å²) in [6.45, 7) is 4.86. The molecule has 0 spiro atoms. The molecule has 2 aromatic carbocycles. The Morgan fingerprint density at radius 3 is 2.73 bits per heavy atom. The molecule has 4 N–H and O–H groups in total. The van der Waals surface area contributed by atoms with Crippen molar-refractivity contribution in [1.29, 1.82) is 0 Å². The summed E-state index contributed by atoms with van der Waals surface area (Å²) < 4.78 is 39.6. The molecule has 0 bridgehead atoms. The molecule has 1 aromatic heterocycles. The van der Waals surface area contributed by atoms with E-state index in [4.69, 9.17) is 10.7 Å². The molecule has 1 fully saturated rings. The summed E-state index contributed by atoms with van der Waals surface area (Å²) in [4.78, 5) is 11.4. The van der Waals surface area contributed by atoms with Crippen LogP contribution in [0.25, 0.3) is 10.9 Å². The third kappa shape index (κ3) is 5.65. The number of rotatable bonds is 8. The van der Waals surface area contributed by atoms with Crippen LogP contribution in [0, 0.1) is 0 Å². The average molecular weight is 459 g/mol. The third-order valence-corrected chi connectivity index (χ3v) is 5.82. The first-order valence-corrected chi connectivity index (χ1v) is 11.3. The molecule has 3 aromatic rings. The monoisotopic (exact) mass is 458 g/mol. The van der Waals surface area contributed by atoms with Gasteiger partial charge in [-0.2, -0.15) is 18.2 Å². The Balaban J connectivity index is 1.59. The zero-order valence-corrected chi connectivity index (χ0v) is 18.6. The van der Waals surface area contributed by atoms with Gasteiger partial charge in [-0.1, -0.05) is 31.9 Å². The molecule has 0 saturated carbocycles. The van der Waals surface area contributed by atoms with Gasteiger partial charge in [-0.05, 0) is 49.7 Å². The Morgan fingerprint density at radius 2 is 1.94 bits per heavy atom. The highest BCUT2D eigenvalue weighted by molar-refractivity contribution is 5.91. The fourth-order valence-corrected chi connectivity index (χ4v) is 4.17. The van der Waals surface area contributed by atoms with E-state index in [9.17, 15) is 13.2 Å². The van der Waals surface area contributed by atoms with E-state index < -0.39 is 11.7 Å². The lowest BCUT2D eigenvalue weighted by atomic mass is 10.1. The average Bonchev–Trinajstić information content (AvgIpc) is 3.24. The van der Waals surface area contributed by atoms with Crippen molar-refractivity contribution in [3.05, 3.63) is 48.0 Å². The minimum Gasteiger partial charge on any atom is -0.399 e. The van der Waals surface area contributed by atoms with E-state index in [1.165, 1.54) is 18.9 Å². The van der Waals surface area contributed by atoms with Crippen LogP contribution in [0.2, 0.25) is 0 Å². The maximum atomic E-state index is 13.2. The van der Waals surface area contributed by atoms with Gasteiger partial charge in [0.2, 0.25) is 5.95 Å². The second-order valence-corrected chi connectivity index (χ2v) is 8.45. The van der Waals surface area contributed by atoms with Gasteiger partial charge in [0.05, 0.1) is 11.1 Å². The van der Waals surface area contributed by atoms with Gasteiger partial charge in [-0.25, -0.2) is 4.98 Å². The van der Waals surface area contributed by atoms with Gasteiger partial charge in [0.25, 0.3) is 0 Å². The number of unbranched alkanes of at least 4 members (excludes halogenated alkanes) is 2. The number of halogens is 3. The van der Waals surface area contributed by atoms with Crippen molar-refractivity contribution in [3.8, 4) is 0 Å². The summed E-state index contributed by atoms with van der Waals surface area (Å²) in [5.74, 6) is 1.02. The van der Waals surface area contributed by atoms with Gasteiger partial charge in [-0.15, -0.1) is 0 Å². The summed E-state index contributed by atoms with van der Waals surface area (Å²) in [5, 5.41) is 7.47. The first-order chi connectivity index (χ1) is 15.8. The first-order valence-electron chi connectivity index (χ1n) is 11.3. The summed E-state index contributed by atoms with van der Waals surface area (Å²) in [6.07, 6.45) is 0.0959. The van der Waals surface area contributed by atoms with Gasteiger partial charge in [0.15, 0.2) is 0 Å². The number of hydrogen-bond acceptors (Lipinski definition) is 6. The maximum Gasteiger partial charge on any atom is 0.416 e. The zero-order chi connectivity index (χ0) is 23.4. The van der Waals surface area contributed by atoms with Crippen LogP contribution < -0.4 is 21.3 Å². The number of hydrogen-bond donors (Lipinski definition) is 3. The Kier molecular flexibility index (Phi) is 6.88. The number of para-hydroxylation sites is 1. The van der Waals surface area contributed by atoms with Crippen LogP contribution in [0.4, 0.5) is 36.3 Å². The Labute approximate surface area is 191 Å². The molecule has 0 radical (unpaired) electrons. The smallest absolute Gasteiger partial charge is 0.399 e. The third-order valence-electron chi connectivity index (χ3n) is 5.82. The quantitative estimate of drug-likeness (QED) is 0.313. The Bertz CT molecular complexity index is 1100. The number of nitrogens with two attached hydrogens (primary N) is 1. The van der Waals surface area contributed by atoms with Crippen LogP contribution in [0.1, 0.15) is 38.2 Å². The molecule has 6 nitrogen and oxygen atoms in total. The molecule has 1 aliphatic rings. The van der Waals surface area contributed by atoms with Gasteiger partial charge in [0.1, 0.15) is 5.82 Å². The van der Waals surface area contributed by atoms with E-state index in [1.54, 1.807) is 0 Å². The second kappa shape index (κ2) is 9.82. The molecule has 0 amide bonds. The normalized spacial score (nSPS) is 16.5. The summed E-state index contributed by atoms with van der Waals surface area (Å²) >= 11 is 0. The molecule has 4 rings (SSSR count). The standard InChI is InChI=1S/C24H29F3N6/c1-2-3-6-10-29-18-9-11-33(15-18)22-20-7-4-5-8-21(20)31-23(32-22)30-19-13-16(24(25,26)27)12-17(28)14-19/h4-5,7-8,12-14,18,29H,2-3,6,9-11,15,28H2,1H3,(H,30,31,32)/t18-/m0/s1. The predicted octanol–water partition coefficient (Wildman–Crippen LogP) is 5.33. The molecule has 2 heterocycles. The summed E-state index contributed by atoms with van der Waals surface area (Å²) in [5.41, 5.74) is 5.83. The van der Waals surface area contributed by atoms with E-state index >= 15 is 0 Å². The van der Waals surface area contributed by atoms with Crippen molar-refractivity contribution in [3.63, 3.8) is 0 Å². The number of anilines is 4. The van der Waals surface area contributed by atoms with E-state index in [0.717, 1.165) is 61.3 Å². The number of nitrogens with zero attached hydrogens (tertiary/aromatic N) is 3. The minimum absolute atomic E-state index is 0.0184. The molecule has 176 valence electrons. The van der Waals surface area contributed by atoms with Gasteiger partial charge >= 0.3 is 6.18 Å². The molecular formula is C24H29F3N6. The van der Waals surface area contributed by atoms with Crippen LogP contribution in [-0.2, 0) is 6.18 Å². The lowest BCUT2D eigenvalue weighted by Crippen LogP contribution is -2.33. The molecular weight excluding hydrogens is 429 g/mol. The van der Waals surface area contributed by atoms with Crippen molar-refractivity contribution in [2.24, 2.45) is 0 Å². The largest absolute Gasteiger partial charge is 0.416 e. The van der Waals surface area contributed by atoms with Crippen molar-refractivity contribution < 1.29 is 13.2 Å². The van der Waals surface area contributed by atoms with Crippen LogP contribution in [0.15, 0.2) is 42.5 Å². The highest BCUT2D eigenvalue weighted by atomic mass is 19.4. The molecule has 1 saturated heterocycles. The second-order valence-electron chi connectivity index (χ2n) is 8.45. The molecule has 33 heavy (non-hydrogen) atoms. The summed E-state index contributed by atoms with van der Waals surface area (Å²) in [7, 11) is 0. The number of aromatic nitrogens is 2. The number of fused-ring (bicyclic) bond motifs is 1. The minimum atomic E-state index is -4.49. The van der Waals surface area contributed by atoms with Gasteiger partial charge < -0.3 is 21.3 Å². The zero-order valence-electron chi connectivity index (χ0n) is 18.6. The lowest BCUT2D eigenvalue weighted by Gasteiger charge is -2.21. The highest BCUT2D eigenvalue weighted by Crippen LogP contribution is 2.34. The number of nitrogen functional groups attached to an aromatic ring is 1. The molecule has 1 aliphatic heterocycles. The van der Waals surface area contributed by atoms with E-state index in [1.807, 2.05) is 24.3 Å². The van der Waals surface area contributed by atoms with E-state index in [2.05, 4.69) is 27.4 Å². The Morgan fingerprint density at radius 1 is 1.12 bits per heavy atom.